The Morgan fingerprint density at radius 3 is 2.72 bits per heavy atom. The minimum atomic E-state index is -0.483. The maximum absolute atomic E-state index is 12.7. The second-order valence-corrected chi connectivity index (χ2v) is 6.48. The monoisotopic (exact) mass is 336 g/mol. The van der Waals surface area contributed by atoms with Gasteiger partial charge in [-0.1, -0.05) is 18.2 Å². The highest BCUT2D eigenvalue weighted by Crippen LogP contribution is 2.32. The fourth-order valence-electron chi connectivity index (χ4n) is 3.47. The van der Waals surface area contributed by atoms with Crippen molar-refractivity contribution in [2.45, 2.75) is 25.2 Å². The van der Waals surface area contributed by atoms with Gasteiger partial charge in [-0.15, -0.1) is 0 Å². The van der Waals surface area contributed by atoms with Gasteiger partial charge >= 0.3 is 0 Å². The van der Waals surface area contributed by atoms with E-state index in [1.165, 1.54) is 12.8 Å². The first-order chi connectivity index (χ1) is 12.2. The number of amides is 2. The number of hydrogen-bond donors (Lipinski definition) is 2. The Hall–Kier alpha value is -2.89. The van der Waals surface area contributed by atoms with E-state index in [0.717, 1.165) is 24.5 Å². The molecule has 2 aromatic rings. The first-order valence-corrected chi connectivity index (χ1v) is 8.61. The number of carbonyl (C=O) groups excluding carboxylic acids is 2. The van der Waals surface area contributed by atoms with Crippen molar-refractivity contribution in [2.75, 3.05) is 28.6 Å². The zero-order valence-corrected chi connectivity index (χ0v) is 13.9. The Kier molecular flexibility index (Phi) is 4.09. The number of anilines is 3. The SMILES string of the molecule is O=C1CC(C(=O)Nc2ccc(N3CCCC3)nc2)c2ccccc2N1. The Labute approximate surface area is 146 Å². The summed E-state index contributed by atoms with van der Waals surface area (Å²) >= 11 is 0. The molecule has 3 heterocycles. The van der Waals surface area contributed by atoms with Gasteiger partial charge in [-0.05, 0) is 36.6 Å². The maximum Gasteiger partial charge on any atom is 0.232 e. The second-order valence-electron chi connectivity index (χ2n) is 6.48. The second kappa shape index (κ2) is 6.55. The van der Waals surface area contributed by atoms with E-state index in [1.807, 2.05) is 36.4 Å². The third-order valence-electron chi connectivity index (χ3n) is 4.76. The van der Waals surface area contributed by atoms with Crippen LogP contribution in [0.2, 0.25) is 0 Å². The summed E-state index contributed by atoms with van der Waals surface area (Å²) in [5, 5.41) is 5.70. The first kappa shape index (κ1) is 15.6. The lowest BCUT2D eigenvalue weighted by atomic mass is 9.90. The van der Waals surface area contributed by atoms with E-state index in [1.54, 1.807) is 6.20 Å². The topological polar surface area (TPSA) is 74.3 Å². The summed E-state index contributed by atoms with van der Waals surface area (Å²) in [6.45, 7) is 2.07. The van der Waals surface area contributed by atoms with Gasteiger partial charge in [0.1, 0.15) is 5.82 Å². The molecule has 1 unspecified atom stereocenters. The van der Waals surface area contributed by atoms with Gasteiger partial charge < -0.3 is 15.5 Å². The zero-order valence-electron chi connectivity index (χ0n) is 13.9. The lowest BCUT2D eigenvalue weighted by Crippen LogP contribution is -2.30. The highest BCUT2D eigenvalue weighted by Gasteiger charge is 2.30. The summed E-state index contributed by atoms with van der Waals surface area (Å²) < 4.78 is 0. The molecule has 1 aromatic carbocycles. The normalized spacial score (nSPS) is 19.3. The summed E-state index contributed by atoms with van der Waals surface area (Å²) in [5.74, 6) is 0.139. The fourth-order valence-corrected chi connectivity index (χ4v) is 3.47. The van der Waals surface area contributed by atoms with E-state index in [0.29, 0.717) is 11.4 Å². The first-order valence-electron chi connectivity index (χ1n) is 8.61. The molecule has 0 aliphatic carbocycles. The molecule has 1 aromatic heterocycles. The number of rotatable bonds is 3. The van der Waals surface area contributed by atoms with E-state index in [-0.39, 0.29) is 18.2 Å². The average molecular weight is 336 g/mol. The van der Waals surface area contributed by atoms with Gasteiger partial charge in [-0.3, -0.25) is 9.59 Å². The van der Waals surface area contributed by atoms with Gasteiger partial charge in [0.05, 0.1) is 17.8 Å². The number of nitrogens with one attached hydrogen (secondary N) is 2. The lowest BCUT2D eigenvalue weighted by molar-refractivity contribution is -0.123. The Morgan fingerprint density at radius 2 is 1.96 bits per heavy atom. The number of aromatic nitrogens is 1. The zero-order chi connectivity index (χ0) is 17.2. The van der Waals surface area contributed by atoms with Crippen molar-refractivity contribution >= 4 is 29.0 Å². The average Bonchev–Trinajstić information content (AvgIpc) is 3.16. The molecular formula is C19H20N4O2. The van der Waals surface area contributed by atoms with Crippen molar-refractivity contribution in [1.29, 1.82) is 0 Å². The van der Waals surface area contributed by atoms with E-state index >= 15 is 0 Å². The van der Waals surface area contributed by atoms with E-state index < -0.39 is 5.92 Å². The minimum absolute atomic E-state index is 0.138. The number of nitrogens with zero attached hydrogens (tertiary/aromatic N) is 2. The molecular weight excluding hydrogens is 316 g/mol. The molecule has 2 amide bonds. The molecule has 0 radical (unpaired) electrons. The molecule has 0 bridgehead atoms. The van der Waals surface area contributed by atoms with Crippen LogP contribution in [0.4, 0.5) is 17.2 Å². The standard InChI is InChI=1S/C19H20N4O2/c24-18-11-15(14-5-1-2-6-16(14)22-18)19(25)21-13-7-8-17(20-12-13)23-9-3-4-10-23/h1-2,5-8,12,15H,3-4,9-11H2,(H,21,25)(H,22,24). The summed E-state index contributed by atoms with van der Waals surface area (Å²) in [4.78, 5) is 31.3. The van der Waals surface area contributed by atoms with E-state index in [4.69, 9.17) is 0 Å². The van der Waals surface area contributed by atoms with Crippen molar-refractivity contribution < 1.29 is 9.59 Å². The van der Waals surface area contributed by atoms with Gasteiger partial charge in [0.2, 0.25) is 11.8 Å². The number of pyridine rings is 1. The van der Waals surface area contributed by atoms with Crippen molar-refractivity contribution in [1.82, 2.24) is 4.98 Å². The van der Waals surface area contributed by atoms with Crippen molar-refractivity contribution in [3.05, 3.63) is 48.2 Å². The highest BCUT2D eigenvalue weighted by atomic mass is 16.2. The maximum atomic E-state index is 12.7. The highest BCUT2D eigenvalue weighted by molar-refractivity contribution is 6.05. The molecule has 1 saturated heterocycles. The number of hydrogen-bond acceptors (Lipinski definition) is 4. The predicted molar refractivity (Wildman–Crippen MR) is 96.7 cm³/mol. The fraction of sp³-hybridized carbons (Fsp3) is 0.316. The largest absolute Gasteiger partial charge is 0.357 e. The third kappa shape index (κ3) is 3.20. The molecule has 0 saturated carbocycles. The van der Waals surface area contributed by atoms with E-state index in [2.05, 4.69) is 20.5 Å². The Morgan fingerprint density at radius 1 is 1.16 bits per heavy atom. The van der Waals surface area contributed by atoms with Crippen LogP contribution in [0.25, 0.3) is 0 Å². The van der Waals surface area contributed by atoms with Crippen LogP contribution in [0.1, 0.15) is 30.7 Å². The smallest absolute Gasteiger partial charge is 0.232 e. The molecule has 2 aliphatic rings. The molecule has 2 aliphatic heterocycles. The van der Waals surface area contributed by atoms with Gasteiger partial charge in [0, 0.05) is 25.2 Å². The molecule has 6 heteroatoms. The molecule has 4 rings (SSSR count). The summed E-state index contributed by atoms with van der Waals surface area (Å²) in [7, 11) is 0. The summed E-state index contributed by atoms with van der Waals surface area (Å²) in [6, 6.07) is 11.2. The van der Waals surface area contributed by atoms with Crippen LogP contribution < -0.4 is 15.5 Å². The Balaban J connectivity index is 1.49. The van der Waals surface area contributed by atoms with E-state index in [9.17, 15) is 9.59 Å². The molecule has 25 heavy (non-hydrogen) atoms. The number of benzene rings is 1. The van der Waals surface area contributed by atoms with Crippen LogP contribution in [0.15, 0.2) is 42.6 Å². The van der Waals surface area contributed by atoms with Crippen LogP contribution in [0.3, 0.4) is 0 Å². The van der Waals surface area contributed by atoms with Crippen LogP contribution >= 0.6 is 0 Å². The van der Waals surface area contributed by atoms with Crippen LogP contribution in [-0.2, 0) is 9.59 Å². The van der Waals surface area contributed by atoms with Crippen LogP contribution in [0, 0.1) is 0 Å². The van der Waals surface area contributed by atoms with Crippen LogP contribution in [-0.4, -0.2) is 29.9 Å². The molecule has 128 valence electrons. The quantitative estimate of drug-likeness (QED) is 0.904. The van der Waals surface area contributed by atoms with Gasteiger partial charge in [-0.2, -0.15) is 0 Å². The summed E-state index contributed by atoms with van der Waals surface area (Å²) in [5.41, 5.74) is 2.21. The lowest BCUT2D eigenvalue weighted by Gasteiger charge is -2.24. The minimum Gasteiger partial charge on any atom is -0.357 e. The predicted octanol–water partition coefficient (Wildman–Crippen LogP) is 2.75. The number of para-hydroxylation sites is 1. The molecule has 1 atom stereocenters. The van der Waals surface area contributed by atoms with Crippen molar-refractivity contribution in [3.63, 3.8) is 0 Å². The van der Waals surface area contributed by atoms with Gasteiger partial charge in [-0.25, -0.2) is 4.98 Å². The number of fused-ring (bicyclic) bond motifs is 1. The summed E-state index contributed by atoms with van der Waals surface area (Å²) in [6.07, 6.45) is 4.23. The Bertz CT molecular complexity index is 797. The molecule has 0 spiro atoms. The number of carbonyl (C=O) groups is 2. The third-order valence-corrected chi connectivity index (χ3v) is 4.76. The van der Waals surface area contributed by atoms with Crippen LogP contribution in [0.5, 0.6) is 0 Å². The molecule has 2 N–H and O–H groups in total. The molecule has 1 fully saturated rings. The van der Waals surface area contributed by atoms with Gasteiger partial charge in [0.15, 0.2) is 0 Å². The van der Waals surface area contributed by atoms with Crippen molar-refractivity contribution in [2.24, 2.45) is 0 Å². The molecule has 6 nitrogen and oxygen atoms in total. The van der Waals surface area contributed by atoms with Crippen molar-refractivity contribution in [3.8, 4) is 0 Å². The van der Waals surface area contributed by atoms with Gasteiger partial charge in [0.25, 0.3) is 0 Å².